The Hall–Kier alpha value is -1.20. The first-order valence-electron chi connectivity index (χ1n) is 7.39. The van der Waals surface area contributed by atoms with Crippen LogP contribution in [-0.4, -0.2) is 28.3 Å². The third kappa shape index (κ3) is 2.52. The first-order valence-corrected chi connectivity index (χ1v) is 8.26. The van der Waals surface area contributed by atoms with Gasteiger partial charge in [0.1, 0.15) is 5.78 Å². The van der Waals surface area contributed by atoms with Gasteiger partial charge in [-0.05, 0) is 32.4 Å². The predicted octanol–water partition coefficient (Wildman–Crippen LogP) is 2.68. The molecule has 1 N–H and O–H groups in total. The second-order valence-electron chi connectivity index (χ2n) is 5.71. The van der Waals surface area contributed by atoms with E-state index in [9.17, 15) is 4.79 Å². The van der Waals surface area contributed by atoms with Crippen molar-refractivity contribution in [3.8, 4) is 0 Å². The lowest BCUT2D eigenvalue weighted by Crippen LogP contribution is -2.42. The summed E-state index contributed by atoms with van der Waals surface area (Å²) >= 11 is 1.61. The van der Waals surface area contributed by atoms with E-state index in [0.29, 0.717) is 12.2 Å². The maximum atomic E-state index is 12.8. The molecule has 0 spiro atoms. The summed E-state index contributed by atoms with van der Waals surface area (Å²) in [6.45, 7) is 4.09. The Labute approximate surface area is 123 Å². The van der Waals surface area contributed by atoms with Gasteiger partial charge in [0.25, 0.3) is 0 Å². The molecule has 0 bridgehead atoms. The average molecular weight is 291 g/mol. The van der Waals surface area contributed by atoms with E-state index in [4.69, 9.17) is 0 Å². The highest BCUT2D eigenvalue weighted by Gasteiger charge is 2.38. The quantitative estimate of drug-likeness (QED) is 0.921. The van der Waals surface area contributed by atoms with E-state index in [0.717, 1.165) is 49.4 Å². The Balaban J connectivity index is 1.77. The number of piperidine rings is 1. The standard InChI is InChI=1S/C15H21N3OS/c1-2-3-15(4-6-16-7-5-15)13(19)10-12-11-18-8-9-20-14(18)17-12/h8-9,11,16H,2-7,10H2,1H3. The van der Waals surface area contributed by atoms with E-state index >= 15 is 0 Å². The minimum Gasteiger partial charge on any atom is -0.317 e. The molecule has 0 aromatic carbocycles. The maximum absolute atomic E-state index is 12.8. The molecule has 2 aromatic rings. The van der Waals surface area contributed by atoms with Gasteiger partial charge in [0, 0.05) is 23.2 Å². The molecule has 2 aromatic heterocycles. The Morgan fingerprint density at radius 1 is 1.50 bits per heavy atom. The van der Waals surface area contributed by atoms with E-state index in [1.54, 1.807) is 11.3 Å². The fourth-order valence-electron chi connectivity index (χ4n) is 3.27. The molecule has 0 radical (unpaired) electrons. The van der Waals surface area contributed by atoms with Crippen LogP contribution in [-0.2, 0) is 11.2 Å². The summed E-state index contributed by atoms with van der Waals surface area (Å²) in [6, 6.07) is 0. The van der Waals surface area contributed by atoms with Crippen molar-refractivity contribution in [1.29, 1.82) is 0 Å². The highest BCUT2D eigenvalue weighted by atomic mass is 32.1. The zero-order chi connectivity index (χ0) is 14.0. The van der Waals surface area contributed by atoms with Gasteiger partial charge < -0.3 is 5.32 Å². The first kappa shape index (κ1) is 13.8. The van der Waals surface area contributed by atoms with Crippen molar-refractivity contribution in [1.82, 2.24) is 14.7 Å². The van der Waals surface area contributed by atoms with E-state index in [2.05, 4.69) is 17.2 Å². The van der Waals surface area contributed by atoms with Crippen LogP contribution in [0.5, 0.6) is 0 Å². The van der Waals surface area contributed by atoms with E-state index in [1.165, 1.54) is 0 Å². The normalized spacial score (nSPS) is 18.4. The van der Waals surface area contributed by atoms with Gasteiger partial charge in [-0.3, -0.25) is 9.20 Å². The molecular weight excluding hydrogens is 270 g/mol. The van der Waals surface area contributed by atoms with Crippen molar-refractivity contribution >= 4 is 22.1 Å². The molecule has 1 aliphatic heterocycles. The number of hydrogen-bond donors (Lipinski definition) is 1. The molecule has 0 amide bonds. The van der Waals surface area contributed by atoms with Crippen LogP contribution in [0.1, 0.15) is 38.3 Å². The molecule has 1 fully saturated rings. The van der Waals surface area contributed by atoms with E-state index in [-0.39, 0.29) is 5.41 Å². The predicted molar refractivity (Wildman–Crippen MR) is 81.2 cm³/mol. The highest BCUT2D eigenvalue weighted by Crippen LogP contribution is 2.36. The number of imidazole rings is 1. The Kier molecular flexibility index (Phi) is 3.89. The Morgan fingerprint density at radius 2 is 2.30 bits per heavy atom. The second-order valence-corrected chi connectivity index (χ2v) is 6.58. The summed E-state index contributed by atoms with van der Waals surface area (Å²) in [5, 5.41) is 5.38. The van der Waals surface area contributed by atoms with Crippen LogP contribution < -0.4 is 5.32 Å². The SMILES string of the molecule is CCCC1(C(=O)Cc2cn3ccsc3n2)CCNCC1. The number of nitrogens with zero attached hydrogens (tertiary/aromatic N) is 2. The van der Waals surface area contributed by atoms with Gasteiger partial charge in [-0.15, -0.1) is 11.3 Å². The molecule has 0 saturated carbocycles. The molecule has 3 heterocycles. The average Bonchev–Trinajstić information content (AvgIpc) is 3.01. The highest BCUT2D eigenvalue weighted by molar-refractivity contribution is 7.15. The molecule has 5 heteroatoms. The van der Waals surface area contributed by atoms with Gasteiger partial charge in [0.05, 0.1) is 12.1 Å². The van der Waals surface area contributed by atoms with Crippen LogP contribution in [0.25, 0.3) is 4.96 Å². The summed E-state index contributed by atoms with van der Waals surface area (Å²) in [6.07, 6.45) is 8.50. The lowest BCUT2D eigenvalue weighted by atomic mass is 9.71. The van der Waals surface area contributed by atoms with Crippen LogP contribution in [0.2, 0.25) is 0 Å². The summed E-state index contributed by atoms with van der Waals surface area (Å²) in [4.78, 5) is 18.3. The van der Waals surface area contributed by atoms with Gasteiger partial charge in [0.15, 0.2) is 4.96 Å². The summed E-state index contributed by atoms with van der Waals surface area (Å²) in [7, 11) is 0. The number of rotatable bonds is 5. The summed E-state index contributed by atoms with van der Waals surface area (Å²) in [5.74, 6) is 0.381. The molecular formula is C15H21N3OS. The Morgan fingerprint density at radius 3 is 3.00 bits per heavy atom. The number of thiazole rings is 1. The van der Waals surface area contributed by atoms with Crippen LogP contribution in [0.3, 0.4) is 0 Å². The molecule has 0 aliphatic carbocycles. The topological polar surface area (TPSA) is 46.4 Å². The monoisotopic (exact) mass is 291 g/mol. The smallest absolute Gasteiger partial charge is 0.193 e. The minimum absolute atomic E-state index is 0.114. The molecule has 108 valence electrons. The van der Waals surface area contributed by atoms with Crippen LogP contribution in [0.4, 0.5) is 0 Å². The fourth-order valence-corrected chi connectivity index (χ4v) is 3.98. The lowest BCUT2D eigenvalue weighted by Gasteiger charge is -2.36. The number of Topliss-reactive ketones (excluding diaryl/α,β-unsaturated/α-hetero) is 1. The van der Waals surface area contributed by atoms with Crippen LogP contribution in [0.15, 0.2) is 17.8 Å². The van der Waals surface area contributed by atoms with E-state index in [1.807, 2.05) is 22.2 Å². The number of carbonyl (C=O) groups excluding carboxylic acids is 1. The lowest BCUT2D eigenvalue weighted by molar-refractivity contribution is -0.130. The summed E-state index contributed by atoms with van der Waals surface area (Å²) in [5.41, 5.74) is 0.799. The zero-order valence-electron chi connectivity index (χ0n) is 11.9. The number of hydrogen-bond acceptors (Lipinski definition) is 4. The number of ketones is 1. The molecule has 4 nitrogen and oxygen atoms in total. The van der Waals surface area contributed by atoms with Gasteiger partial charge in [-0.25, -0.2) is 4.98 Å². The zero-order valence-corrected chi connectivity index (χ0v) is 12.7. The maximum Gasteiger partial charge on any atom is 0.193 e. The third-order valence-electron chi connectivity index (χ3n) is 4.37. The van der Waals surface area contributed by atoms with Crippen molar-refractivity contribution in [2.75, 3.05) is 13.1 Å². The fraction of sp³-hybridized carbons (Fsp3) is 0.600. The van der Waals surface area contributed by atoms with Crippen molar-refractivity contribution in [3.63, 3.8) is 0 Å². The van der Waals surface area contributed by atoms with Gasteiger partial charge in [0.2, 0.25) is 0 Å². The molecule has 1 saturated heterocycles. The van der Waals surface area contributed by atoms with Crippen molar-refractivity contribution < 1.29 is 4.79 Å². The molecule has 1 aliphatic rings. The second kappa shape index (κ2) is 5.66. The largest absolute Gasteiger partial charge is 0.317 e. The molecule has 0 unspecified atom stereocenters. The van der Waals surface area contributed by atoms with Crippen molar-refractivity contribution in [2.45, 2.75) is 39.0 Å². The molecule has 0 atom stereocenters. The minimum atomic E-state index is -0.114. The number of carbonyl (C=O) groups is 1. The number of fused-ring (bicyclic) bond motifs is 1. The van der Waals surface area contributed by atoms with Gasteiger partial charge in [-0.1, -0.05) is 13.3 Å². The molecule has 20 heavy (non-hydrogen) atoms. The first-order chi connectivity index (χ1) is 9.73. The van der Waals surface area contributed by atoms with Gasteiger partial charge >= 0.3 is 0 Å². The Bertz CT molecular complexity index is 561. The van der Waals surface area contributed by atoms with Crippen LogP contribution >= 0.6 is 11.3 Å². The van der Waals surface area contributed by atoms with E-state index < -0.39 is 0 Å². The van der Waals surface area contributed by atoms with Crippen molar-refractivity contribution in [3.05, 3.63) is 23.5 Å². The number of aromatic nitrogens is 2. The molecule has 3 rings (SSSR count). The van der Waals surface area contributed by atoms with Gasteiger partial charge in [-0.2, -0.15) is 0 Å². The number of nitrogens with one attached hydrogen (secondary N) is 1. The third-order valence-corrected chi connectivity index (χ3v) is 5.14. The van der Waals surface area contributed by atoms with Crippen molar-refractivity contribution in [2.24, 2.45) is 5.41 Å². The van der Waals surface area contributed by atoms with Crippen LogP contribution in [0, 0.1) is 5.41 Å². The summed E-state index contributed by atoms with van der Waals surface area (Å²) < 4.78 is 2.00.